The molecule has 1 aliphatic heterocycles. The van der Waals surface area contributed by atoms with Gasteiger partial charge >= 0.3 is 0 Å². The third-order valence-electron chi connectivity index (χ3n) is 6.12. The van der Waals surface area contributed by atoms with E-state index in [4.69, 9.17) is 9.47 Å². The SMILES string of the molecule is COc1cccc(CN2CCCC(O)(CNCC3CCCCC3)C2=O)c1OC. The van der Waals surface area contributed by atoms with Crippen LogP contribution in [0.2, 0.25) is 0 Å². The van der Waals surface area contributed by atoms with Gasteiger partial charge in [0, 0.05) is 25.2 Å². The summed E-state index contributed by atoms with van der Waals surface area (Å²) in [6.07, 6.45) is 7.73. The molecule has 1 unspecified atom stereocenters. The van der Waals surface area contributed by atoms with Crippen molar-refractivity contribution < 1.29 is 19.4 Å². The zero-order valence-electron chi connectivity index (χ0n) is 17.2. The van der Waals surface area contributed by atoms with Gasteiger partial charge in [0.1, 0.15) is 0 Å². The average molecular weight is 391 g/mol. The fourth-order valence-corrected chi connectivity index (χ4v) is 4.54. The highest BCUT2D eigenvalue weighted by molar-refractivity contribution is 5.86. The van der Waals surface area contributed by atoms with Gasteiger partial charge < -0.3 is 24.8 Å². The normalized spacial score (nSPS) is 23.7. The number of nitrogens with one attached hydrogen (secondary N) is 1. The van der Waals surface area contributed by atoms with Gasteiger partial charge in [0.05, 0.1) is 14.2 Å². The molecule has 0 aromatic heterocycles. The molecule has 6 nitrogen and oxygen atoms in total. The summed E-state index contributed by atoms with van der Waals surface area (Å²) in [5, 5.41) is 14.4. The Kier molecular flexibility index (Phi) is 7.18. The Labute approximate surface area is 168 Å². The molecule has 2 aliphatic rings. The minimum absolute atomic E-state index is 0.195. The number of nitrogens with zero attached hydrogens (tertiary/aromatic N) is 1. The lowest BCUT2D eigenvalue weighted by Gasteiger charge is -2.39. The smallest absolute Gasteiger partial charge is 0.256 e. The summed E-state index contributed by atoms with van der Waals surface area (Å²) in [7, 11) is 3.20. The summed E-state index contributed by atoms with van der Waals surface area (Å²) in [6, 6.07) is 5.67. The topological polar surface area (TPSA) is 71.0 Å². The van der Waals surface area contributed by atoms with Crippen LogP contribution in [-0.2, 0) is 11.3 Å². The highest BCUT2D eigenvalue weighted by atomic mass is 16.5. The molecule has 1 amide bonds. The molecule has 2 N–H and O–H groups in total. The Morgan fingerprint density at radius 2 is 1.96 bits per heavy atom. The Bertz CT molecular complexity index is 660. The maximum Gasteiger partial charge on any atom is 0.256 e. The Morgan fingerprint density at radius 1 is 1.18 bits per heavy atom. The van der Waals surface area contributed by atoms with Gasteiger partial charge in [-0.2, -0.15) is 0 Å². The maximum absolute atomic E-state index is 13.1. The van der Waals surface area contributed by atoms with Gasteiger partial charge in [0.2, 0.25) is 0 Å². The molecule has 3 rings (SSSR count). The van der Waals surface area contributed by atoms with Crippen LogP contribution < -0.4 is 14.8 Å². The van der Waals surface area contributed by atoms with Crippen LogP contribution in [0.15, 0.2) is 18.2 Å². The summed E-state index contributed by atoms with van der Waals surface area (Å²) in [4.78, 5) is 14.8. The molecule has 156 valence electrons. The predicted molar refractivity (Wildman–Crippen MR) is 109 cm³/mol. The van der Waals surface area contributed by atoms with Crippen LogP contribution in [0.3, 0.4) is 0 Å². The number of methoxy groups -OCH3 is 2. The second-order valence-electron chi connectivity index (χ2n) is 8.15. The van der Waals surface area contributed by atoms with Crippen molar-refractivity contribution in [1.29, 1.82) is 0 Å². The number of benzene rings is 1. The van der Waals surface area contributed by atoms with Crippen molar-refractivity contribution in [1.82, 2.24) is 10.2 Å². The highest BCUT2D eigenvalue weighted by Gasteiger charge is 2.42. The molecular weight excluding hydrogens is 356 g/mol. The first-order valence-electron chi connectivity index (χ1n) is 10.5. The first-order valence-corrected chi connectivity index (χ1v) is 10.5. The average Bonchev–Trinajstić information content (AvgIpc) is 2.72. The number of hydrogen-bond acceptors (Lipinski definition) is 5. The third kappa shape index (κ3) is 4.78. The molecule has 1 aliphatic carbocycles. The summed E-state index contributed by atoms with van der Waals surface area (Å²) >= 11 is 0. The molecule has 0 bridgehead atoms. The number of rotatable bonds is 8. The Balaban J connectivity index is 1.61. The fraction of sp³-hybridized carbons (Fsp3) is 0.682. The van der Waals surface area contributed by atoms with Crippen molar-refractivity contribution in [3.05, 3.63) is 23.8 Å². The maximum atomic E-state index is 13.1. The van der Waals surface area contributed by atoms with Crippen LogP contribution in [0, 0.1) is 5.92 Å². The van der Waals surface area contributed by atoms with Gasteiger partial charge in [0.15, 0.2) is 17.1 Å². The largest absolute Gasteiger partial charge is 0.493 e. The van der Waals surface area contributed by atoms with E-state index < -0.39 is 5.60 Å². The Hall–Kier alpha value is -1.79. The highest BCUT2D eigenvalue weighted by Crippen LogP contribution is 2.33. The molecule has 1 aromatic carbocycles. The van der Waals surface area contributed by atoms with Crippen LogP contribution >= 0.6 is 0 Å². The summed E-state index contributed by atoms with van der Waals surface area (Å²) < 4.78 is 10.8. The van der Waals surface area contributed by atoms with Gasteiger partial charge in [-0.1, -0.05) is 31.4 Å². The van der Waals surface area contributed by atoms with Crippen LogP contribution in [0.4, 0.5) is 0 Å². The van der Waals surface area contributed by atoms with Gasteiger partial charge in [-0.25, -0.2) is 0 Å². The molecule has 28 heavy (non-hydrogen) atoms. The first kappa shape index (κ1) is 20.9. The monoisotopic (exact) mass is 390 g/mol. The number of ether oxygens (including phenoxy) is 2. The molecule has 0 radical (unpaired) electrons. The minimum Gasteiger partial charge on any atom is -0.493 e. The fourth-order valence-electron chi connectivity index (χ4n) is 4.54. The van der Waals surface area contributed by atoms with E-state index in [9.17, 15) is 9.90 Å². The Morgan fingerprint density at radius 3 is 2.68 bits per heavy atom. The molecule has 2 fully saturated rings. The predicted octanol–water partition coefficient (Wildman–Crippen LogP) is 2.73. The van der Waals surface area contributed by atoms with Crippen molar-refractivity contribution >= 4 is 5.91 Å². The van der Waals surface area contributed by atoms with E-state index >= 15 is 0 Å². The molecule has 1 saturated heterocycles. The standard InChI is InChI=1S/C22H34N2O4/c1-27-19-11-6-10-18(20(19)28-2)15-24-13-7-12-22(26,21(24)25)16-23-14-17-8-4-3-5-9-17/h6,10-11,17,23,26H,3-5,7-9,12-16H2,1-2H3. The van der Waals surface area contributed by atoms with Gasteiger partial charge in [0.25, 0.3) is 5.91 Å². The number of piperidine rings is 1. The first-order chi connectivity index (χ1) is 13.6. The molecule has 6 heteroatoms. The summed E-state index contributed by atoms with van der Waals surface area (Å²) in [6.45, 7) is 2.27. The van der Waals surface area contributed by atoms with E-state index in [0.29, 0.717) is 43.5 Å². The van der Waals surface area contributed by atoms with E-state index in [1.165, 1.54) is 32.1 Å². The number of amides is 1. The second-order valence-corrected chi connectivity index (χ2v) is 8.15. The van der Waals surface area contributed by atoms with Crippen molar-refractivity contribution in [2.24, 2.45) is 5.92 Å². The van der Waals surface area contributed by atoms with E-state index in [1.54, 1.807) is 19.1 Å². The van der Waals surface area contributed by atoms with Gasteiger partial charge in [-0.3, -0.25) is 4.79 Å². The summed E-state index contributed by atoms with van der Waals surface area (Å²) in [5.74, 6) is 1.77. The zero-order valence-corrected chi connectivity index (χ0v) is 17.2. The van der Waals surface area contributed by atoms with Crippen LogP contribution in [0.25, 0.3) is 0 Å². The third-order valence-corrected chi connectivity index (χ3v) is 6.12. The number of hydrogen-bond donors (Lipinski definition) is 2. The lowest BCUT2D eigenvalue weighted by atomic mass is 9.88. The molecule has 1 aromatic rings. The van der Waals surface area contributed by atoms with Gasteiger partial charge in [-0.05, 0) is 44.2 Å². The number of para-hydroxylation sites is 1. The van der Waals surface area contributed by atoms with Crippen LogP contribution in [0.5, 0.6) is 11.5 Å². The van der Waals surface area contributed by atoms with Crippen molar-refractivity contribution in [3.8, 4) is 11.5 Å². The lowest BCUT2D eigenvalue weighted by Crippen LogP contribution is -2.58. The number of aliphatic hydroxyl groups is 1. The number of likely N-dealkylation sites (tertiary alicyclic amines) is 1. The lowest BCUT2D eigenvalue weighted by molar-refractivity contribution is -0.157. The second kappa shape index (κ2) is 9.61. The van der Waals surface area contributed by atoms with E-state index in [1.807, 2.05) is 18.2 Å². The van der Waals surface area contributed by atoms with Crippen molar-refractivity contribution in [3.63, 3.8) is 0 Å². The van der Waals surface area contributed by atoms with E-state index in [0.717, 1.165) is 18.5 Å². The van der Waals surface area contributed by atoms with E-state index in [2.05, 4.69) is 5.32 Å². The number of carbonyl (C=O) groups is 1. The quantitative estimate of drug-likeness (QED) is 0.714. The molecule has 1 heterocycles. The van der Waals surface area contributed by atoms with Crippen molar-refractivity contribution in [2.45, 2.75) is 57.1 Å². The minimum atomic E-state index is -1.32. The zero-order chi connectivity index (χ0) is 20.0. The molecular formula is C22H34N2O4. The van der Waals surface area contributed by atoms with Gasteiger partial charge in [-0.15, -0.1) is 0 Å². The summed E-state index contributed by atoms with van der Waals surface area (Å²) in [5.41, 5.74) is -0.437. The molecule has 1 saturated carbocycles. The van der Waals surface area contributed by atoms with Crippen molar-refractivity contribution in [2.75, 3.05) is 33.9 Å². The number of carbonyl (C=O) groups excluding carboxylic acids is 1. The van der Waals surface area contributed by atoms with E-state index in [-0.39, 0.29) is 5.91 Å². The van der Waals surface area contributed by atoms with Crippen LogP contribution in [-0.4, -0.2) is 55.4 Å². The molecule has 0 spiro atoms. The van der Waals surface area contributed by atoms with Crippen LogP contribution in [0.1, 0.15) is 50.5 Å². The molecule has 1 atom stereocenters.